The zero-order valence-electron chi connectivity index (χ0n) is 11.6. The SMILES string of the molecule is Cc1nn(C)c(Cl)c1CN1C(=O)CCc2ccccc21. The molecule has 2 heterocycles. The van der Waals surface area contributed by atoms with Gasteiger partial charge >= 0.3 is 0 Å². The number of hydrogen-bond acceptors (Lipinski definition) is 2. The summed E-state index contributed by atoms with van der Waals surface area (Å²) in [6.45, 7) is 2.40. The standard InChI is InChI=1S/C15H16ClN3O/c1-10-12(15(16)18(2)17-10)9-19-13-6-4-3-5-11(13)7-8-14(19)20/h3-6H,7-9H2,1-2H3. The summed E-state index contributed by atoms with van der Waals surface area (Å²) < 4.78 is 1.65. The molecule has 0 bridgehead atoms. The van der Waals surface area contributed by atoms with Crippen LogP contribution in [0.1, 0.15) is 23.2 Å². The highest BCUT2D eigenvalue weighted by atomic mass is 35.5. The van der Waals surface area contributed by atoms with Gasteiger partial charge in [0.05, 0.1) is 12.2 Å². The summed E-state index contributed by atoms with van der Waals surface area (Å²) in [6, 6.07) is 8.04. The van der Waals surface area contributed by atoms with Gasteiger partial charge in [-0.2, -0.15) is 5.10 Å². The highest BCUT2D eigenvalue weighted by Crippen LogP contribution is 2.31. The molecule has 0 saturated heterocycles. The number of fused-ring (bicyclic) bond motifs is 1. The second-order valence-corrected chi connectivity index (χ2v) is 5.44. The maximum absolute atomic E-state index is 12.2. The van der Waals surface area contributed by atoms with Crippen molar-refractivity contribution in [3.05, 3.63) is 46.2 Å². The van der Waals surface area contributed by atoms with Crippen molar-refractivity contribution in [1.82, 2.24) is 9.78 Å². The number of rotatable bonds is 2. The first-order valence-electron chi connectivity index (χ1n) is 6.64. The molecule has 20 heavy (non-hydrogen) atoms. The van der Waals surface area contributed by atoms with Crippen molar-refractivity contribution in [2.24, 2.45) is 7.05 Å². The number of benzene rings is 1. The molecule has 2 aromatic rings. The van der Waals surface area contributed by atoms with Crippen molar-refractivity contribution in [2.75, 3.05) is 4.90 Å². The maximum Gasteiger partial charge on any atom is 0.227 e. The molecule has 0 spiro atoms. The van der Waals surface area contributed by atoms with Crippen LogP contribution in [-0.2, 0) is 24.8 Å². The Morgan fingerprint density at radius 3 is 2.75 bits per heavy atom. The predicted molar refractivity (Wildman–Crippen MR) is 78.9 cm³/mol. The summed E-state index contributed by atoms with van der Waals surface area (Å²) in [5.74, 6) is 0.142. The number of carbonyl (C=O) groups is 1. The number of para-hydroxylation sites is 1. The van der Waals surface area contributed by atoms with E-state index in [1.54, 1.807) is 4.68 Å². The zero-order chi connectivity index (χ0) is 14.3. The van der Waals surface area contributed by atoms with Crippen molar-refractivity contribution in [3.63, 3.8) is 0 Å². The molecule has 0 atom stereocenters. The number of nitrogens with zero attached hydrogens (tertiary/aromatic N) is 3. The molecule has 1 aliphatic heterocycles. The van der Waals surface area contributed by atoms with Crippen LogP contribution in [0.25, 0.3) is 0 Å². The molecule has 0 unspecified atom stereocenters. The molecule has 104 valence electrons. The number of aromatic nitrogens is 2. The summed E-state index contributed by atoms with van der Waals surface area (Å²) >= 11 is 6.27. The van der Waals surface area contributed by atoms with Gasteiger partial charge in [0.25, 0.3) is 0 Å². The van der Waals surface area contributed by atoms with Gasteiger partial charge in [0.2, 0.25) is 5.91 Å². The average Bonchev–Trinajstić information content (AvgIpc) is 2.68. The topological polar surface area (TPSA) is 38.1 Å². The third kappa shape index (κ3) is 2.10. The van der Waals surface area contributed by atoms with Crippen molar-refractivity contribution in [2.45, 2.75) is 26.3 Å². The van der Waals surface area contributed by atoms with Crippen LogP contribution in [0.15, 0.2) is 24.3 Å². The largest absolute Gasteiger partial charge is 0.308 e. The lowest BCUT2D eigenvalue weighted by Crippen LogP contribution is -2.34. The molecule has 0 radical (unpaired) electrons. The molecule has 3 rings (SSSR count). The Morgan fingerprint density at radius 1 is 1.30 bits per heavy atom. The summed E-state index contributed by atoms with van der Waals surface area (Å²) in [7, 11) is 1.81. The van der Waals surface area contributed by atoms with Crippen LogP contribution >= 0.6 is 11.6 Å². The minimum atomic E-state index is 0.142. The van der Waals surface area contributed by atoms with E-state index < -0.39 is 0 Å². The fraction of sp³-hybridized carbons (Fsp3) is 0.333. The lowest BCUT2D eigenvalue weighted by atomic mass is 10.0. The molecule has 0 saturated carbocycles. The Hall–Kier alpha value is -1.81. The molecule has 5 heteroatoms. The van der Waals surface area contributed by atoms with Crippen LogP contribution in [0.2, 0.25) is 5.15 Å². The van der Waals surface area contributed by atoms with Crippen LogP contribution in [0.4, 0.5) is 5.69 Å². The van der Waals surface area contributed by atoms with Gasteiger partial charge in [0.15, 0.2) is 0 Å². The van der Waals surface area contributed by atoms with E-state index in [1.807, 2.05) is 37.1 Å². The van der Waals surface area contributed by atoms with Crippen molar-refractivity contribution in [3.8, 4) is 0 Å². The molecule has 1 aliphatic rings. The molecule has 0 fully saturated rings. The summed E-state index contributed by atoms with van der Waals surface area (Å²) in [6.07, 6.45) is 1.36. The minimum Gasteiger partial charge on any atom is -0.308 e. The minimum absolute atomic E-state index is 0.142. The van der Waals surface area contributed by atoms with E-state index in [9.17, 15) is 4.79 Å². The molecular weight excluding hydrogens is 274 g/mol. The molecular formula is C15H16ClN3O. The van der Waals surface area contributed by atoms with Gasteiger partial charge in [-0.1, -0.05) is 29.8 Å². The zero-order valence-corrected chi connectivity index (χ0v) is 12.3. The van der Waals surface area contributed by atoms with Crippen LogP contribution in [0.3, 0.4) is 0 Å². The Morgan fingerprint density at radius 2 is 2.05 bits per heavy atom. The number of halogens is 1. The quantitative estimate of drug-likeness (QED) is 0.853. The van der Waals surface area contributed by atoms with Crippen molar-refractivity contribution >= 4 is 23.2 Å². The first kappa shape index (κ1) is 13.2. The lowest BCUT2D eigenvalue weighted by Gasteiger charge is -2.29. The van der Waals surface area contributed by atoms with Crippen LogP contribution in [-0.4, -0.2) is 15.7 Å². The molecule has 1 aromatic carbocycles. The molecule has 4 nitrogen and oxygen atoms in total. The Kier molecular flexibility index (Phi) is 3.26. The fourth-order valence-corrected chi connectivity index (χ4v) is 2.92. The summed E-state index contributed by atoms with van der Waals surface area (Å²) in [5, 5.41) is 4.90. The van der Waals surface area contributed by atoms with E-state index in [1.165, 1.54) is 5.56 Å². The monoisotopic (exact) mass is 289 g/mol. The van der Waals surface area contributed by atoms with Crippen molar-refractivity contribution in [1.29, 1.82) is 0 Å². The van der Waals surface area contributed by atoms with Gasteiger partial charge in [-0.05, 0) is 25.0 Å². The molecule has 0 aliphatic carbocycles. The Bertz CT molecular complexity index is 678. The maximum atomic E-state index is 12.2. The van der Waals surface area contributed by atoms with E-state index in [4.69, 9.17) is 11.6 Å². The van der Waals surface area contributed by atoms with Gasteiger partial charge in [-0.3, -0.25) is 9.48 Å². The highest BCUT2D eigenvalue weighted by Gasteiger charge is 2.26. The second-order valence-electron chi connectivity index (χ2n) is 5.09. The third-order valence-corrected chi connectivity index (χ3v) is 4.25. The first-order valence-corrected chi connectivity index (χ1v) is 7.02. The summed E-state index contributed by atoms with van der Waals surface area (Å²) in [5.41, 5.74) is 3.99. The van der Waals surface area contributed by atoms with Gasteiger partial charge in [0, 0.05) is 24.7 Å². The van der Waals surface area contributed by atoms with E-state index >= 15 is 0 Å². The van der Waals surface area contributed by atoms with Gasteiger partial charge in [-0.15, -0.1) is 0 Å². The lowest BCUT2D eigenvalue weighted by molar-refractivity contribution is -0.119. The highest BCUT2D eigenvalue weighted by molar-refractivity contribution is 6.30. The normalized spacial score (nSPS) is 14.6. The number of aryl methyl sites for hydroxylation is 3. The van der Waals surface area contributed by atoms with Crippen molar-refractivity contribution < 1.29 is 4.79 Å². The second kappa shape index (κ2) is 4.94. The fourth-order valence-electron chi connectivity index (χ4n) is 2.68. The number of amides is 1. The van der Waals surface area contributed by atoms with E-state index in [0.29, 0.717) is 18.1 Å². The van der Waals surface area contributed by atoms with E-state index in [0.717, 1.165) is 23.4 Å². The smallest absolute Gasteiger partial charge is 0.227 e. The van der Waals surface area contributed by atoms with Gasteiger partial charge in [0.1, 0.15) is 5.15 Å². The molecule has 0 N–H and O–H groups in total. The van der Waals surface area contributed by atoms with Gasteiger partial charge < -0.3 is 4.90 Å². The van der Waals surface area contributed by atoms with Crippen LogP contribution < -0.4 is 4.90 Å². The van der Waals surface area contributed by atoms with E-state index in [-0.39, 0.29) is 5.91 Å². The predicted octanol–water partition coefficient (Wildman–Crippen LogP) is 2.86. The summed E-state index contributed by atoms with van der Waals surface area (Å²) in [4.78, 5) is 14.1. The average molecular weight is 290 g/mol. The van der Waals surface area contributed by atoms with Crippen LogP contribution in [0, 0.1) is 6.92 Å². The third-order valence-electron chi connectivity index (χ3n) is 3.78. The number of anilines is 1. The van der Waals surface area contributed by atoms with E-state index in [2.05, 4.69) is 11.2 Å². The van der Waals surface area contributed by atoms with Crippen LogP contribution in [0.5, 0.6) is 0 Å². The Balaban J connectivity index is 2.00. The number of hydrogen-bond donors (Lipinski definition) is 0. The first-order chi connectivity index (χ1) is 9.58. The van der Waals surface area contributed by atoms with Gasteiger partial charge in [-0.25, -0.2) is 0 Å². The molecule has 1 aromatic heterocycles. The Labute approximate surface area is 123 Å². The number of carbonyl (C=O) groups excluding carboxylic acids is 1. The molecule has 1 amide bonds.